The van der Waals surface area contributed by atoms with E-state index in [9.17, 15) is 13.2 Å². The van der Waals surface area contributed by atoms with E-state index >= 15 is 0 Å². The van der Waals surface area contributed by atoms with Crippen molar-refractivity contribution < 1.29 is 13.2 Å². The van der Waals surface area contributed by atoms with Gasteiger partial charge in [-0.25, -0.2) is 0 Å². The summed E-state index contributed by atoms with van der Waals surface area (Å²) in [7, 11) is 0. The summed E-state index contributed by atoms with van der Waals surface area (Å²) in [5.41, 5.74) is 2.55. The lowest BCUT2D eigenvalue weighted by Gasteiger charge is -2.15. The quantitative estimate of drug-likeness (QED) is 0.835. The van der Waals surface area contributed by atoms with Crippen LogP contribution in [0.2, 0.25) is 0 Å². The van der Waals surface area contributed by atoms with E-state index in [1.165, 1.54) is 23.3 Å². The van der Waals surface area contributed by atoms with Gasteiger partial charge in [-0.15, -0.1) is 0 Å². The molecule has 3 rings (SSSR count). The molecule has 0 fully saturated rings. The molecule has 22 heavy (non-hydrogen) atoms. The molecular formula is C17H14F3NS. The second-order valence-electron chi connectivity index (χ2n) is 5.42. The first-order valence-corrected chi connectivity index (χ1v) is 7.39. The predicted molar refractivity (Wildman–Crippen MR) is 83.9 cm³/mol. The fraction of sp³-hybridized carbons (Fsp3) is 0.235. The first-order valence-electron chi connectivity index (χ1n) is 6.98. The van der Waals surface area contributed by atoms with Gasteiger partial charge in [-0.1, -0.05) is 48.6 Å². The highest BCUT2D eigenvalue weighted by Gasteiger charge is 2.30. The molecule has 0 atom stereocenters. The zero-order valence-corrected chi connectivity index (χ0v) is 12.5. The fourth-order valence-electron chi connectivity index (χ4n) is 2.74. The number of fused-ring (bicyclic) bond motifs is 1. The summed E-state index contributed by atoms with van der Waals surface area (Å²) < 4.78 is 37.7. The van der Waals surface area contributed by atoms with Crippen LogP contribution in [0.3, 0.4) is 0 Å². The van der Waals surface area contributed by atoms with Gasteiger partial charge in [0.15, 0.2) is 0 Å². The van der Waals surface area contributed by atoms with Crippen molar-refractivity contribution >= 4 is 17.2 Å². The fourth-order valence-corrected chi connectivity index (χ4v) is 3.04. The van der Waals surface area contributed by atoms with E-state index in [-0.39, 0.29) is 6.04 Å². The van der Waals surface area contributed by atoms with Crippen LogP contribution in [0.25, 0.3) is 0 Å². The van der Waals surface area contributed by atoms with Crippen LogP contribution < -0.4 is 5.32 Å². The molecule has 114 valence electrons. The van der Waals surface area contributed by atoms with E-state index in [0.717, 1.165) is 25.0 Å². The van der Waals surface area contributed by atoms with E-state index in [2.05, 4.69) is 17.4 Å². The molecule has 0 bridgehead atoms. The second-order valence-corrected chi connectivity index (χ2v) is 5.83. The Hall–Kier alpha value is -1.88. The Morgan fingerprint density at radius 2 is 1.50 bits per heavy atom. The maximum absolute atomic E-state index is 12.6. The highest BCUT2D eigenvalue weighted by atomic mass is 32.1. The highest BCUT2D eigenvalue weighted by Crippen LogP contribution is 2.29. The van der Waals surface area contributed by atoms with Gasteiger partial charge in [-0.05, 0) is 36.1 Å². The Morgan fingerprint density at radius 3 is 2.00 bits per heavy atom. The first-order chi connectivity index (χ1) is 10.4. The van der Waals surface area contributed by atoms with E-state index in [0.29, 0.717) is 10.6 Å². The van der Waals surface area contributed by atoms with Gasteiger partial charge < -0.3 is 5.32 Å². The molecule has 0 saturated carbocycles. The zero-order chi connectivity index (χ0) is 15.7. The monoisotopic (exact) mass is 321 g/mol. The van der Waals surface area contributed by atoms with Gasteiger partial charge >= 0.3 is 6.18 Å². The Morgan fingerprint density at radius 1 is 0.955 bits per heavy atom. The normalized spacial score (nSPS) is 14.7. The van der Waals surface area contributed by atoms with Crippen molar-refractivity contribution in [3.63, 3.8) is 0 Å². The summed E-state index contributed by atoms with van der Waals surface area (Å²) in [4.78, 5) is 0.492. The second kappa shape index (κ2) is 5.72. The van der Waals surface area contributed by atoms with Crippen LogP contribution in [0, 0.1) is 0 Å². The first kappa shape index (κ1) is 15.0. The molecule has 1 aliphatic carbocycles. The Bertz CT molecular complexity index is 667. The Balaban J connectivity index is 1.66. The molecule has 0 unspecified atom stereocenters. The minimum Gasteiger partial charge on any atom is -0.372 e. The molecule has 2 aromatic rings. The van der Waals surface area contributed by atoms with Crippen molar-refractivity contribution in [3.05, 3.63) is 70.8 Å². The van der Waals surface area contributed by atoms with Gasteiger partial charge in [0.25, 0.3) is 0 Å². The van der Waals surface area contributed by atoms with Gasteiger partial charge in [-0.2, -0.15) is 13.2 Å². The third kappa shape index (κ3) is 3.14. The van der Waals surface area contributed by atoms with Crippen molar-refractivity contribution in [3.8, 4) is 0 Å². The largest absolute Gasteiger partial charge is 0.416 e. The third-order valence-corrected chi connectivity index (χ3v) is 4.21. The number of alkyl halides is 3. The van der Waals surface area contributed by atoms with Crippen LogP contribution >= 0.6 is 12.2 Å². The van der Waals surface area contributed by atoms with E-state index in [1.807, 2.05) is 12.1 Å². The molecule has 1 N–H and O–H groups in total. The van der Waals surface area contributed by atoms with Crippen LogP contribution in [-0.4, -0.2) is 11.0 Å². The number of hydrogen-bond acceptors (Lipinski definition) is 1. The van der Waals surface area contributed by atoms with Crippen molar-refractivity contribution in [1.82, 2.24) is 5.32 Å². The molecular weight excluding hydrogens is 307 g/mol. The van der Waals surface area contributed by atoms with Gasteiger partial charge in [-0.3, -0.25) is 0 Å². The molecule has 0 spiro atoms. The molecule has 0 saturated heterocycles. The summed E-state index contributed by atoms with van der Waals surface area (Å²) in [6.07, 6.45) is -2.55. The molecule has 0 heterocycles. The van der Waals surface area contributed by atoms with E-state index < -0.39 is 11.7 Å². The Labute approximate surface area is 132 Å². The molecule has 0 amide bonds. The van der Waals surface area contributed by atoms with Crippen LogP contribution in [0.15, 0.2) is 48.5 Å². The molecule has 0 radical (unpaired) electrons. The van der Waals surface area contributed by atoms with Crippen LogP contribution in [0.1, 0.15) is 22.3 Å². The zero-order valence-electron chi connectivity index (χ0n) is 11.7. The third-order valence-electron chi connectivity index (χ3n) is 3.86. The summed E-state index contributed by atoms with van der Waals surface area (Å²) in [6.45, 7) is 0. The molecule has 1 aliphatic rings. The SMILES string of the molecule is FC(F)(F)c1ccc(C(=S)NC2Cc3ccccc3C2)cc1. The van der Waals surface area contributed by atoms with Crippen molar-refractivity contribution in [2.24, 2.45) is 0 Å². The molecule has 1 nitrogen and oxygen atoms in total. The van der Waals surface area contributed by atoms with E-state index in [4.69, 9.17) is 12.2 Å². The molecule has 0 aromatic heterocycles. The topological polar surface area (TPSA) is 12.0 Å². The van der Waals surface area contributed by atoms with Crippen molar-refractivity contribution in [2.45, 2.75) is 25.1 Å². The van der Waals surface area contributed by atoms with Crippen LogP contribution in [0.5, 0.6) is 0 Å². The maximum atomic E-state index is 12.6. The average molecular weight is 321 g/mol. The van der Waals surface area contributed by atoms with Crippen molar-refractivity contribution in [2.75, 3.05) is 0 Å². The van der Waals surface area contributed by atoms with Crippen LogP contribution in [0.4, 0.5) is 13.2 Å². The smallest absolute Gasteiger partial charge is 0.372 e. The number of halogens is 3. The molecule has 2 aromatic carbocycles. The summed E-state index contributed by atoms with van der Waals surface area (Å²) in [5.74, 6) is 0. The number of rotatable bonds is 2. The lowest BCUT2D eigenvalue weighted by molar-refractivity contribution is -0.137. The maximum Gasteiger partial charge on any atom is 0.416 e. The van der Waals surface area contributed by atoms with Gasteiger partial charge in [0.05, 0.1) is 5.56 Å². The van der Waals surface area contributed by atoms with E-state index in [1.54, 1.807) is 0 Å². The predicted octanol–water partition coefficient (Wildman–Crippen LogP) is 4.14. The molecule has 0 aliphatic heterocycles. The number of benzene rings is 2. The average Bonchev–Trinajstić information content (AvgIpc) is 2.88. The van der Waals surface area contributed by atoms with Crippen LogP contribution in [-0.2, 0) is 19.0 Å². The minimum absolute atomic E-state index is 0.201. The van der Waals surface area contributed by atoms with Crippen molar-refractivity contribution in [1.29, 1.82) is 0 Å². The highest BCUT2D eigenvalue weighted by molar-refractivity contribution is 7.80. The van der Waals surface area contributed by atoms with Gasteiger partial charge in [0.2, 0.25) is 0 Å². The number of thiocarbonyl (C=S) groups is 1. The number of nitrogens with one attached hydrogen (secondary N) is 1. The summed E-state index contributed by atoms with van der Waals surface area (Å²) >= 11 is 5.31. The standard InChI is InChI=1S/C17H14F3NS/c18-17(19,20)14-7-5-11(6-8-14)16(22)21-15-9-12-3-1-2-4-13(12)10-15/h1-8,15H,9-10H2,(H,21,22). The van der Waals surface area contributed by atoms with Gasteiger partial charge in [0.1, 0.15) is 4.99 Å². The lowest BCUT2D eigenvalue weighted by Crippen LogP contribution is -2.34. The summed E-state index contributed by atoms with van der Waals surface area (Å²) in [6, 6.07) is 13.4. The Kier molecular flexibility index (Phi) is 3.91. The minimum atomic E-state index is -4.32. The van der Waals surface area contributed by atoms with Gasteiger partial charge in [0, 0.05) is 11.6 Å². The summed E-state index contributed by atoms with van der Waals surface area (Å²) in [5, 5.41) is 3.25. The number of hydrogen-bond donors (Lipinski definition) is 1. The lowest BCUT2D eigenvalue weighted by atomic mass is 10.1. The molecule has 5 heteroatoms.